The standard InChI is InChI=1S/C13H8OS/c14-12-6-5-9-7-8-15-13(9)11-4-2-1-3-10(11)12/h1-8H. The van der Waals surface area contributed by atoms with Crippen LogP contribution < -0.4 is 5.43 Å². The first-order valence-electron chi connectivity index (χ1n) is 4.75. The van der Waals surface area contributed by atoms with E-state index in [0.717, 1.165) is 16.2 Å². The van der Waals surface area contributed by atoms with Crippen LogP contribution in [0.3, 0.4) is 0 Å². The minimum absolute atomic E-state index is 0.0917. The van der Waals surface area contributed by atoms with Gasteiger partial charge in [0.15, 0.2) is 5.43 Å². The molecule has 0 amide bonds. The van der Waals surface area contributed by atoms with Crippen molar-refractivity contribution in [1.29, 1.82) is 0 Å². The third-order valence-corrected chi connectivity index (χ3v) is 3.51. The molecule has 1 aromatic heterocycles. The molecular formula is C13H8OS. The Kier molecular flexibility index (Phi) is 1.82. The van der Waals surface area contributed by atoms with E-state index in [9.17, 15) is 4.79 Å². The van der Waals surface area contributed by atoms with Crippen LogP contribution in [0.2, 0.25) is 0 Å². The quantitative estimate of drug-likeness (QED) is 0.558. The van der Waals surface area contributed by atoms with Gasteiger partial charge in [-0.15, -0.1) is 11.3 Å². The minimum atomic E-state index is 0.0917. The molecule has 3 aromatic rings. The molecule has 0 aliphatic carbocycles. The lowest BCUT2D eigenvalue weighted by molar-refractivity contribution is 1.72. The summed E-state index contributed by atoms with van der Waals surface area (Å²) >= 11 is 1.68. The van der Waals surface area contributed by atoms with Gasteiger partial charge >= 0.3 is 0 Å². The minimum Gasteiger partial charge on any atom is -0.289 e. The van der Waals surface area contributed by atoms with E-state index in [2.05, 4.69) is 5.38 Å². The molecule has 15 heavy (non-hydrogen) atoms. The Balaban J connectivity index is 2.76. The highest BCUT2D eigenvalue weighted by atomic mass is 32.1. The number of benzene rings is 1. The van der Waals surface area contributed by atoms with Gasteiger partial charge in [0.2, 0.25) is 0 Å². The number of thiophene rings is 1. The molecule has 0 atom stereocenters. The van der Waals surface area contributed by atoms with Gasteiger partial charge in [-0.2, -0.15) is 0 Å². The zero-order chi connectivity index (χ0) is 10.3. The van der Waals surface area contributed by atoms with Crippen LogP contribution in [0.4, 0.5) is 0 Å². The summed E-state index contributed by atoms with van der Waals surface area (Å²) in [4.78, 5) is 11.8. The molecule has 0 aliphatic heterocycles. The fourth-order valence-corrected chi connectivity index (χ4v) is 2.75. The van der Waals surface area contributed by atoms with E-state index in [1.807, 2.05) is 36.4 Å². The molecule has 0 bridgehead atoms. The van der Waals surface area contributed by atoms with Gasteiger partial charge < -0.3 is 0 Å². The van der Waals surface area contributed by atoms with Crippen molar-refractivity contribution in [2.24, 2.45) is 0 Å². The van der Waals surface area contributed by atoms with Crippen LogP contribution >= 0.6 is 11.3 Å². The van der Waals surface area contributed by atoms with E-state index < -0.39 is 0 Å². The highest BCUT2D eigenvalue weighted by Crippen LogP contribution is 2.26. The highest BCUT2D eigenvalue weighted by molar-refractivity contribution is 7.18. The summed E-state index contributed by atoms with van der Waals surface area (Å²) in [7, 11) is 0. The van der Waals surface area contributed by atoms with Crippen molar-refractivity contribution in [2.45, 2.75) is 0 Å². The van der Waals surface area contributed by atoms with Crippen molar-refractivity contribution in [2.75, 3.05) is 0 Å². The highest BCUT2D eigenvalue weighted by Gasteiger charge is 2.01. The topological polar surface area (TPSA) is 17.1 Å². The monoisotopic (exact) mass is 212 g/mol. The van der Waals surface area contributed by atoms with Gasteiger partial charge in [-0.3, -0.25) is 4.79 Å². The van der Waals surface area contributed by atoms with Crippen molar-refractivity contribution in [3.05, 3.63) is 58.1 Å². The molecule has 1 heterocycles. The Morgan fingerprint density at radius 1 is 0.867 bits per heavy atom. The van der Waals surface area contributed by atoms with Crippen LogP contribution in [-0.4, -0.2) is 0 Å². The molecule has 0 saturated carbocycles. The Bertz CT molecular complexity index is 697. The maximum atomic E-state index is 11.8. The van der Waals surface area contributed by atoms with Crippen molar-refractivity contribution in [3.63, 3.8) is 0 Å². The summed E-state index contributed by atoms with van der Waals surface area (Å²) in [5.74, 6) is 0. The second kappa shape index (κ2) is 3.17. The lowest BCUT2D eigenvalue weighted by atomic mass is 10.2. The fourth-order valence-electron chi connectivity index (χ4n) is 1.82. The molecule has 0 saturated heterocycles. The Morgan fingerprint density at radius 3 is 2.53 bits per heavy atom. The summed E-state index contributed by atoms with van der Waals surface area (Å²) in [6.07, 6.45) is 0. The predicted octanol–water partition coefficient (Wildman–Crippen LogP) is 3.41. The van der Waals surface area contributed by atoms with E-state index >= 15 is 0 Å². The summed E-state index contributed by atoms with van der Waals surface area (Å²) in [5.41, 5.74) is 0.0917. The zero-order valence-electron chi connectivity index (χ0n) is 7.94. The molecule has 0 fully saturated rings. The first-order chi connectivity index (χ1) is 7.36. The normalized spacial score (nSPS) is 10.9. The van der Waals surface area contributed by atoms with Gasteiger partial charge in [0.1, 0.15) is 0 Å². The van der Waals surface area contributed by atoms with Gasteiger partial charge in [-0.1, -0.05) is 24.3 Å². The van der Waals surface area contributed by atoms with E-state index in [-0.39, 0.29) is 5.43 Å². The van der Waals surface area contributed by atoms with Crippen LogP contribution in [0.5, 0.6) is 0 Å². The van der Waals surface area contributed by atoms with Gasteiger partial charge in [0.05, 0.1) is 0 Å². The average Bonchev–Trinajstić information content (AvgIpc) is 2.69. The largest absolute Gasteiger partial charge is 0.289 e. The molecule has 0 aliphatic rings. The van der Waals surface area contributed by atoms with Crippen molar-refractivity contribution >= 4 is 32.2 Å². The van der Waals surface area contributed by atoms with Gasteiger partial charge in [-0.25, -0.2) is 0 Å². The first-order valence-corrected chi connectivity index (χ1v) is 5.63. The predicted molar refractivity (Wildman–Crippen MR) is 65.6 cm³/mol. The molecule has 0 unspecified atom stereocenters. The summed E-state index contributed by atoms with van der Waals surface area (Å²) < 4.78 is 1.19. The number of rotatable bonds is 0. The molecule has 3 rings (SSSR count). The molecule has 0 N–H and O–H groups in total. The Labute approximate surface area is 90.6 Å². The first kappa shape index (κ1) is 8.62. The van der Waals surface area contributed by atoms with E-state index in [1.54, 1.807) is 17.4 Å². The number of fused-ring (bicyclic) bond motifs is 3. The fraction of sp³-hybridized carbons (Fsp3) is 0. The van der Waals surface area contributed by atoms with Crippen LogP contribution in [0.25, 0.3) is 20.9 Å². The Hall–Kier alpha value is -1.67. The van der Waals surface area contributed by atoms with Crippen molar-refractivity contribution < 1.29 is 0 Å². The maximum Gasteiger partial charge on any atom is 0.186 e. The third kappa shape index (κ3) is 1.26. The average molecular weight is 212 g/mol. The zero-order valence-corrected chi connectivity index (χ0v) is 8.75. The molecule has 0 radical (unpaired) electrons. The van der Waals surface area contributed by atoms with Gasteiger partial charge in [-0.05, 0) is 29.0 Å². The maximum absolute atomic E-state index is 11.8. The van der Waals surface area contributed by atoms with Crippen molar-refractivity contribution in [3.8, 4) is 0 Å². The molecule has 72 valence electrons. The summed E-state index contributed by atoms with van der Waals surface area (Å²) in [6.45, 7) is 0. The number of hydrogen-bond donors (Lipinski definition) is 0. The molecule has 2 aromatic carbocycles. The smallest absolute Gasteiger partial charge is 0.186 e. The van der Waals surface area contributed by atoms with Crippen LogP contribution in [0, 0.1) is 0 Å². The second-order valence-corrected chi connectivity index (χ2v) is 4.36. The van der Waals surface area contributed by atoms with Gasteiger partial charge in [0, 0.05) is 15.5 Å². The summed E-state index contributed by atoms with van der Waals surface area (Å²) in [6, 6.07) is 13.4. The lowest BCUT2D eigenvalue weighted by Gasteiger charge is -1.90. The van der Waals surface area contributed by atoms with Crippen LogP contribution in [0.15, 0.2) is 52.6 Å². The van der Waals surface area contributed by atoms with E-state index in [4.69, 9.17) is 0 Å². The second-order valence-electron chi connectivity index (χ2n) is 3.45. The lowest BCUT2D eigenvalue weighted by Crippen LogP contribution is -1.93. The Morgan fingerprint density at radius 2 is 1.67 bits per heavy atom. The molecule has 2 heteroatoms. The van der Waals surface area contributed by atoms with Crippen LogP contribution in [0.1, 0.15) is 0 Å². The van der Waals surface area contributed by atoms with E-state index in [1.165, 1.54) is 4.70 Å². The van der Waals surface area contributed by atoms with Gasteiger partial charge in [0.25, 0.3) is 0 Å². The van der Waals surface area contributed by atoms with Crippen LogP contribution in [-0.2, 0) is 0 Å². The molecular weight excluding hydrogens is 204 g/mol. The number of hydrogen-bond acceptors (Lipinski definition) is 2. The third-order valence-electron chi connectivity index (χ3n) is 2.55. The molecule has 0 spiro atoms. The SMILES string of the molecule is O=c1ccc2ccsc2c2ccccc12. The molecule has 1 nitrogen and oxygen atoms in total. The van der Waals surface area contributed by atoms with E-state index in [0.29, 0.717) is 0 Å². The summed E-state index contributed by atoms with van der Waals surface area (Å²) in [5, 5.41) is 5.05. The van der Waals surface area contributed by atoms with Crippen molar-refractivity contribution in [1.82, 2.24) is 0 Å².